The van der Waals surface area contributed by atoms with Crippen molar-refractivity contribution in [1.82, 2.24) is 9.80 Å². The van der Waals surface area contributed by atoms with E-state index in [0.29, 0.717) is 26.2 Å². The van der Waals surface area contributed by atoms with E-state index >= 15 is 0 Å². The van der Waals surface area contributed by atoms with E-state index in [-0.39, 0.29) is 24.3 Å². The van der Waals surface area contributed by atoms with Crippen molar-refractivity contribution in [3.63, 3.8) is 0 Å². The number of hydrogen-bond donors (Lipinski definition) is 1. The molecule has 1 aromatic rings. The molecular weight excluding hydrogens is 522 g/mol. The molecule has 5 rings (SSSR count). The van der Waals surface area contributed by atoms with Gasteiger partial charge >= 0.3 is 0 Å². The van der Waals surface area contributed by atoms with Crippen molar-refractivity contribution >= 4 is 35.2 Å². The van der Waals surface area contributed by atoms with Crippen LogP contribution in [0.15, 0.2) is 42.5 Å². The summed E-state index contributed by atoms with van der Waals surface area (Å²) >= 11 is 1.65. The first kappa shape index (κ1) is 28.9. The van der Waals surface area contributed by atoms with Gasteiger partial charge < -0.3 is 19.8 Å². The van der Waals surface area contributed by atoms with Crippen molar-refractivity contribution in [3.8, 4) is 0 Å². The monoisotopic (exact) mass is 565 g/mol. The molecule has 0 aromatic heterocycles. The van der Waals surface area contributed by atoms with Crippen molar-refractivity contribution in [2.45, 2.75) is 75.3 Å². The zero-order valence-corrected chi connectivity index (χ0v) is 25.1. The lowest BCUT2D eigenvalue weighted by atomic mass is 9.74. The molecule has 1 unspecified atom stereocenters. The van der Waals surface area contributed by atoms with Gasteiger partial charge in [0.25, 0.3) is 5.91 Å². The Morgan fingerprint density at radius 3 is 2.42 bits per heavy atom. The van der Waals surface area contributed by atoms with Gasteiger partial charge in [-0.25, -0.2) is 0 Å². The Morgan fingerprint density at radius 1 is 0.925 bits per heavy atom. The number of rotatable bonds is 9. The number of unbranched alkanes of at least 4 members (excludes halogenated alkanes) is 3. The number of fused-ring (bicyclic) bond motifs is 2. The fraction of sp³-hybridized carbons (Fsp3) is 0.594. The maximum absolute atomic E-state index is 14.7. The summed E-state index contributed by atoms with van der Waals surface area (Å²) in [6.07, 6.45) is 12.4. The lowest BCUT2D eigenvalue weighted by Crippen LogP contribution is -2.53. The first-order valence-electron chi connectivity index (χ1n) is 14.8. The van der Waals surface area contributed by atoms with Crippen molar-refractivity contribution in [2.24, 2.45) is 11.8 Å². The van der Waals surface area contributed by atoms with Gasteiger partial charge in [-0.3, -0.25) is 14.4 Å². The highest BCUT2D eigenvalue weighted by atomic mass is 32.2. The number of carbonyl (C=O) groups excluding carboxylic acids is 3. The minimum atomic E-state index is -0.819. The molecule has 5 atom stereocenters. The lowest BCUT2D eigenvalue weighted by Gasteiger charge is -2.37. The molecule has 1 spiro atoms. The number of aliphatic hydroxyl groups excluding tert-OH is 1. The van der Waals surface area contributed by atoms with Gasteiger partial charge in [-0.1, -0.05) is 56.2 Å². The van der Waals surface area contributed by atoms with E-state index in [4.69, 9.17) is 0 Å². The van der Waals surface area contributed by atoms with Crippen LogP contribution >= 0.6 is 11.8 Å². The normalized spacial score (nSPS) is 31.4. The average molecular weight is 566 g/mol. The molecule has 2 saturated heterocycles. The van der Waals surface area contributed by atoms with Crippen LogP contribution in [-0.4, -0.2) is 80.9 Å². The van der Waals surface area contributed by atoms with Crippen LogP contribution in [0.4, 0.5) is 5.69 Å². The third-order valence-electron chi connectivity index (χ3n) is 9.10. The molecule has 4 aliphatic rings. The van der Waals surface area contributed by atoms with Crippen LogP contribution < -0.4 is 4.90 Å². The zero-order valence-electron chi connectivity index (χ0n) is 24.3. The molecule has 1 aromatic carbocycles. The predicted molar refractivity (Wildman–Crippen MR) is 160 cm³/mol. The molecule has 0 aliphatic carbocycles. The molecule has 1 N–H and O–H groups in total. The van der Waals surface area contributed by atoms with Crippen LogP contribution in [-0.2, 0) is 14.4 Å². The number of hydrogen-bond acceptors (Lipinski definition) is 5. The lowest BCUT2D eigenvalue weighted by molar-refractivity contribution is -0.143. The van der Waals surface area contributed by atoms with E-state index in [1.165, 1.54) is 0 Å². The number of benzene rings is 1. The molecule has 0 saturated carbocycles. The van der Waals surface area contributed by atoms with E-state index < -0.39 is 27.4 Å². The largest absolute Gasteiger partial charge is 0.396 e. The van der Waals surface area contributed by atoms with Crippen molar-refractivity contribution in [1.29, 1.82) is 0 Å². The first-order valence-corrected chi connectivity index (χ1v) is 15.6. The summed E-state index contributed by atoms with van der Waals surface area (Å²) in [5.74, 6) is -1.24. The number of nitrogens with zero attached hydrogens (tertiary/aromatic N) is 3. The Labute approximate surface area is 242 Å². The van der Waals surface area contributed by atoms with Gasteiger partial charge in [0.15, 0.2) is 0 Å². The highest BCUT2D eigenvalue weighted by Gasteiger charge is 2.73. The van der Waals surface area contributed by atoms with E-state index in [1.807, 2.05) is 41.9 Å². The van der Waals surface area contributed by atoms with Gasteiger partial charge in [0.05, 0.1) is 16.6 Å². The summed E-state index contributed by atoms with van der Waals surface area (Å²) in [5, 5.41) is 9.20. The topological polar surface area (TPSA) is 81.2 Å². The van der Waals surface area contributed by atoms with Crippen molar-refractivity contribution < 1.29 is 19.5 Å². The molecule has 7 nitrogen and oxygen atoms in total. The van der Waals surface area contributed by atoms with Crippen LogP contribution in [0, 0.1) is 25.7 Å². The predicted octanol–water partition coefficient (Wildman–Crippen LogP) is 4.25. The quantitative estimate of drug-likeness (QED) is 0.358. The van der Waals surface area contributed by atoms with Crippen LogP contribution in [0.5, 0.6) is 0 Å². The van der Waals surface area contributed by atoms with Gasteiger partial charge in [-0.05, 0) is 57.2 Å². The average Bonchev–Trinajstić information content (AvgIpc) is 3.18. The molecule has 0 bridgehead atoms. The van der Waals surface area contributed by atoms with Gasteiger partial charge in [0.1, 0.15) is 6.04 Å². The molecule has 8 heteroatoms. The Kier molecular flexibility index (Phi) is 8.22. The maximum Gasteiger partial charge on any atom is 0.251 e. The summed E-state index contributed by atoms with van der Waals surface area (Å²) in [6.45, 7) is 10.5. The summed E-state index contributed by atoms with van der Waals surface area (Å²) < 4.78 is -1.40. The second kappa shape index (κ2) is 11.4. The summed E-state index contributed by atoms with van der Waals surface area (Å²) in [6, 6.07) is 5.46. The van der Waals surface area contributed by atoms with Gasteiger partial charge in [0.2, 0.25) is 11.8 Å². The maximum atomic E-state index is 14.7. The van der Waals surface area contributed by atoms with Crippen LogP contribution in [0.3, 0.4) is 0 Å². The van der Waals surface area contributed by atoms with E-state index in [9.17, 15) is 19.5 Å². The smallest absolute Gasteiger partial charge is 0.251 e. The Bertz CT molecular complexity index is 1230. The molecule has 216 valence electrons. The molecule has 0 radical (unpaired) electrons. The molecular formula is C32H43N3O4S. The van der Waals surface area contributed by atoms with Gasteiger partial charge in [-0.15, -0.1) is 11.8 Å². The number of aryl methyl sites for hydroxylation is 2. The minimum Gasteiger partial charge on any atom is -0.396 e. The third-order valence-corrected chi connectivity index (χ3v) is 10.9. The van der Waals surface area contributed by atoms with Gasteiger partial charge in [0, 0.05) is 43.2 Å². The third kappa shape index (κ3) is 4.71. The molecule has 4 heterocycles. The number of thioether (sulfide) groups is 1. The standard InChI is InChI=1S/C32H43N3O4S/c1-5-16-33-17-10-14-31(4)25(28(33)37)26-29(38)35(18-8-6-7-9-20-36)27-30(39)34(19-11-15-32(26,27)40-31)24-21-22(2)12-13-23(24)3/h10-15,21,25-27,36H,5-9,16-20H2,1-4H3/t25-,26+,27?,31+,32+/m1/s1. The molecule has 3 amide bonds. The first-order chi connectivity index (χ1) is 19.2. The second-order valence-corrected chi connectivity index (χ2v) is 13.8. The second-order valence-electron chi connectivity index (χ2n) is 12.0. The Balaban J connectivity index is 1.58. The zero-order chi connectivity index (χ0) is 28.7. The Morgan fingerprint density at radius 2 is 1.68 bits per heavy atom. The summed E-state index contributed by atoms with van der Waals surface area (Å²) in [5.41, 5.74) is 2.97. The summed E-state index contributed by atoms with van der Waals surface area (Å²) in [7, 11) is 0. The van der Waals surface area contributed by atoms with E-state index in [0.717, 1.165) is 48.9 Å². The number of amides is 3. The SMILES string of the molecule is CCCN1CC=C[C@]2(C)S[C@]34C=CCN(c5cc(C)ccc5C)C(=O)C3N(CCCCCCO)C(=O)[C@@H]4[C@@H]2C1=O. The number of aliphatic hydroxyl groups is 1. The molecule has 40 heavy (non-hydrogen) atoms. The van der Waals surface area contributed by atoms with E-state index in [2.05, 4.69) is 38.1 Å². The number of carbonyl (C=O) groups is 3. The number of likely N-dealkylation sites (tertiary alicyclic amines) is 1. The van der Waals surface area contributed by atoms with Gasteiger partial charge in [-0.2, -0.15) is 0 Å². The van der Waals surface area contributed by atoms with Crippen LogP contribution in [0.25, 0.3) is 0 Å². The fourth-order valence-corrected chi connectivity index (χ4v) is 9.41. The minimum absolute atomic E-state index is 0.0251. The van der Waals surface area contributed by atoms with Crippen molar-refractivity contribution in [3.05, 3.63) is 53.6 Å². The molecule has 4 aliphatic heterocycles. The Hall–Kier alpha value is -2.58. The van der Waals surface area contributed by atoms with Crippen molar-refractivity contribution in [2.75, 3.05) is 37.7 Å². The fourth-order valence-electron chi connectivity index (χ4n) is 7.26. The highest BCUT2D eigenvalue weighted by molar-refractivity contribution is 8.02. The summed E-state index contributed by atoms with van der Waals surface area (Å²) in [4.78, 5) is 48.8. The van der Waals surface area contributed by atoms with Crippen LogP contribution in [0.2, 0.25) is 0 Å². The highest BCUT2D eigenvalue weighted by Crippen LogP contribution is 2.65. The van der Waals surface area contributed by atoms with Crippen LogP contribution in [0.1, 0.15) is 57.1 Å². The number of anilines is 1. The molecule has 2 fully saturated rings. The van der Waals surface area contributed by atoms with E-state index in [1.54, 1.807) is 16.7 Å².